The Labute approximate surface area is 175 Å². The normalized spacial score (nSPS) is 10.4. The van der Waals surface area contributed by atoms with E-state index >= 15 is 0 Å². The number of hydrogen-bond acceptors (Lipinski definition) is 4. The van der Waals surface area contributed by atoms with E-state index in [9.17, 15) is 4.79 Å². The van der Waals surface area contributed by atoms with Crippen molar-refractivity contribution in [3.8, 4) is 5.69 Å². The Kier molecular flexibility index (Phi) is 7.84. The average molecular weight is 420 g/mol. The second-order valence-corrected chi connectivity index (χ2v) is 6.71. The van der Waals surface area contributed by atoms with Crippen LogP contribution in [0.4, 0.5) is 5.69 Å². The third kappa shape index (κ3) is 5.24. The molecule has 0 saturated heterocycles. The number of carbonyl (C=O) groups is 1. The molecule has 0 atom stereocenters. The Hall–Kier alpha value is -2.57. The first-order chi connectivity index (χ1) is 13.1. The van der Waals surface area contributed by atoms with E-state index in [1.807, 2.05) is 36.4 Å². The van der Waals surface area contributed by atoms with Crippen LogP contribution in [-0.4, -0.2) is 27.4 Å². The van der Waals surface area contributed by atoms with Crippen LogP contribution in [0.2, 0.25) is 5.02 Å². The van der Waals surface area contributed by atoms with Crippen LogP contribution in [0.25, 0.3) is 5.69 Å². The summed E-state index contributed by atoms with van der Waals surface area (Å²) in [5, 5.41) is 11.8. The lowest BCUT2D eigenvalue weighted by Gasteiger charge is -2.08. The molecule has 3 rings (SSSR count). The quantitative estimate of drug-likeness (QED) is 0.569. The van der Waals surface area contributed by atoms with Gasteiger partial charge in [-0.05, 0) is 48.7 Å². The fourth-order valence-electron chi connectivity index (χ4n) is 2.84. The molecular weight excluding hydrogens is 397 g/mol. The molecule has 0 aliphatic rings. The lowest BCUT2D eigenvalue weighted by molar-refractivity contribution is 0.0948. The number of carbonyl (C=O) groups excluding carboxylic acids is 1. The highest BCUT2D eigenvalue weighted by Gasteiger charge is 2.19. The topological polar surface area (TPSA) is 85.8 Å². The van der Waals surface area contributed by atoms with Gasteiger partial charge >= 0.3 is 0 Å². The maximum atomic E-state index is 12.6. The lowest BCUT2D eigenvalue weighted by Crippen LogP contribution is -2.27. The molecule has 0 aliphatic carbocycles. The number of nitrogens with zero attached hydrogens (tertiary/aromatic N) is 3. The van der Waals surface area contributed by atoms with Crippen molar-refractivity contribution in [1.82, 2.24) is 20.3 Å². The van der Waals surface area contributed by atoms with Gasteiger partial charge in [-0.25, -0.2) is 4.68 Å². The van der Waals surface area contributed by atoms with Gasteiger partial charge in [-0.15, -0.1) is 17.5 Å². The summed E-state index contributed by atoms with van der Waals surface area (Å²) < 4.78 is 1.68. The van der Waals surface area contributed by atoms with E-state index in [4.69, 9.17) is 17.3 Å². The molecule has 1 amide bonds. The van der Waals surface area contributed by atoms with E-state index in [1.54, 1.807) is 16.8 Å². The predicted molar refractivity (Wildman–Crippen MR) is 115 cm³/mol. The molecule has 6 nitrogen and oxygen atoms in total. The van der Waals surface area contributed by atoms with E-state index in [2.05, 4.69) is 22.6 Å². The van der Waals surface area contributed by atoms with Crippen LogP contribution < -0.4 is 11.1 Å². The summed E-state index contributed by atoms with van der Waals surface area (Å²) in [6.07, 6.45) is 2.29. The van der Waals surface area contributed by atoms with Gasteiger partial charge < -0.3 is 11.1 Å². The number of rotatable bonds is 7. The summed E-state index contributed by atoms with van der Waals surface area (Å²) >= 11 is 6.08. The standard InChI is InChI=1S/C20H22ClN5O.ClH/c1-2-4-18-19(24-25-26(18)17-6-3-5-15(21)13-17)20(27)23-12-11-14-7-9-16(22)10-8-14;/h3,5-10,13H,2,4,11-12,22H2,1H3,(H,23,27);1H. The Bertz CT molecular complexity index is 925. The van der Waals surface area contributed by atoms with Gasteiger partial charge in [0, 0.05) is 17.3 Å². The van der Waals surface area contributed by atoms with Gasteiger partial charge in [0.05, 0.1) is 11.4 Å². The second kappa shape index (κ2) is 10.1. The lowest BCUT2D eigenvalue weighted by atomic mass is 10.1. The zero-order valence-electron chi connectivity index (χ0n) is 15.6. The van der Waals surface area contributed by atoms with Gasteiger partial charge in [0.25, 0.3) is 5.91 Å². The van der Waals surface area contributed by atoms with Crippen LogP contribution >= 0.6 is 24.0 Å². The largest absolute Gasteiger partial charge is 0.399 e. The first-order valence-corrected chi connectivity index (χ1v) is 9.29. The Balaban J connectivity index is 0.00000280. The fourth-order valence-corrected chi connectivity index (χ4v) is 3.03. The van der Waals surface area contributed by atoms with Gasteiger partial charge in [-0.1, -0.05) is 48.4 Å². The van der Waals surface area contributed by atoms with E-state index in [0.29, 0.717) is 23.7 Å². The van der Waals surface area contributed by atoms with Gasteiger partial charge in [0.1, 0.15) is 0 Å². The van der Waals surface area contributed by atoms with Crippen LogP contribution in [0, 0.1) is 0 Å². The summed E-state index contributed by atoms with van der Waals surface area (Å²) in [5.74, 6) is -0.220. The van der Waals surface area contributed by atoms with Crippen LogP contribution in [0.3, 0.4) is 0 Å². The van der Waals surface area contributed by atoms with E-state index in [-0.39, 0.29) is 18.3 Å². The molecule has 3 aromatic rings. The highest BCUT2D eigenvalue weighted by molar-refractivity contribution is 6.30. The number of nitrogens with two attached hydrogens (primary N) is 1. The van der Waals surface area contributed by atoms with Crippen molar-refractivity contribution >= 4 is 35.6 Å². The molecule has 0 unspecified atom stereocenters. The van der Waals surface area contributed by atoms with Gasteiger partial charge in [-0.2, -0.15) is 0 Å². The molecule has 8 heteroatoms. The van der Waals surface area contributed by atoms with Crippen molar-refractivity contribution in [2.45, 2.75) is 26.2 Å². The Morgan fingerprint density at radius 1 is 1.18 bits per heavy atom. The van der Waals surface area contributed by atoms with Crippen LogP contribution in [0.15, 0.2) is 48.5 Å². The zero-order valence-corrected chi connectivity index (χ0v) is 17.1. The predicted octanol–water partition coefficient (Wildman–Crippen LogP) is 3.85. The number of aromatic nitrogens is 3. The maximum absolute atomic E-state index is 12.6. The summed E-state index contributed by atoms with van der Waals surface area (Å²) in [4.78, 5) is 12.6. The summed E-state index contributed by atoms with van der Waals surface area (Å²) in [6, 6.07) is 15.0. The number of halogens is 2. The molecule has 1 aromatic heterocycles. The Morgan fingerprint density at radius 3 is 2.61 bits per heavy atom. The van der Waals surface area contributed by atoms with Gasteiger partial charge in [-0.3, -0.25) is 4.79 Å². The molecule has 28 heavy (non-hydrogen) atoms. The number of anilines is 1. The molecule has 0 aliphatic heterocycles. The molecule has 0 saturated carbocycles. The van der Waals surface area contributed by atoms with E-state index < -0.39 is 0 Å². The SMILES string of the molecule is CCCc1c(C(=O)NCCc2ccc(N)cc2)nnn1-c1cccc(Cl)c1.Cl. The van der Waals surface area contributed by atoms with Gasteiger partial charge in [0.15, 0.2) is 5.69 Å². The molecule has 2 aromatic carbocycles. The third-order valence-electron chi connectivity index (χ3n) is 4.20. The maximum Gasteiger partial charge on any atom is 0.273 e. The smallest absolute Gasteiger partial charge is 0.273 e. The number of hydrogen-bond donors (Lipinski definition) is 2. The number of benzene rings is 2. The van der Waals surface area contributed by atoms with Crippen LogP contribution in [0.5, 0.6) is 0 Å². The summed E-state index contributed by atoms with van der Waals surface area (Å²) in [7, 11) is 0. The highest BCUT2D eigenvalue weighted by atomic mass is 35.5. The van der Waals surface area contributed by atoms with Crippen molar-refractivity contribution in [2.75, 3.05) is 12.3 Å². The Morgan fingerprint density at radius 2 is 1.93 bits per heavy atom. The molecule has 148 valence electrons. The number of nitrogens with one attached hydrogen (secondary N) is 1. The number of nitrogen functional groups attached to an aromatic ring is 1. The van der Waals surface area contributed by atoms with Crippen molar-refractivity contribution in [1.29, 1.82) is 0 Å². The minimum absolute atomic E-state index is 0. The van der Waals surface area contributed by atoms with Crippen molar-refractivity contribution in [3.63, 3.8) is 0 Å². The van der Waals surface area contributed by atoms with Crippen molar-refractivity contribution < 1.29 is 4.79 Å². The minimum atomic E-state index is -0.220. The number of amides is 1. The average Bonchev–Trinajstić information content (AvgIpc) is 3.07. The third-order valence-corrected chi connectivity index (χ3v) is 4.43. The second-order valence-electron chi connectivity index (χ2n) is 6.27. The summed E-state index contributed by atoms with van der Waals surface area (Å²) in [6.45, 7) is 2.57. The monoisotopic (exact) mass is 419 g/mol. The molecule has 0 spiro atoms. The summed E-state index contributed by atoms with van der Waals surface area (Å²) in [5.41, 5.74) is 9.46. The molecule has 3 N–H and O–H groups in total. The van der Waals surface area contributed by atoms with Gasteiger partial charge in [0.2, 0.25) is 0 Å². The van der Waals surface area contributed by atoms with Crippen LogP contribution in [-0.2, 0) is 12.8 Å². The minimum Gasteiger partial charge on any atom is -0.399 e. The van der Waals surface area contributed by atoms with Crippen molar-refractivity contribution in [3.05, 3.63) is 70.5 Å². The zero-order chi connectivity index (χ0) is 19.2. The molecule has 0 radical (unpaired) electrons. The molecule has 1 heterocycles. The van der Waals surface area contributed by atoms with Crippen molar-refractivity contribution in [2.24, 2.45) is 0 Å². The van der Waals surface area contributed by atoms with E-state index in [0.717, 1.165) is 35.5 Å². The van der Waals surface area contributed by atoms with E-state index in [1.165, 1.54) is 0 Å². The highest BCUT2D eigenvalue weighted by Crippen LogP contribution is 2.18. The first kappa shape index (κ1) is 21.7. The molecule has 0 bridgehead atoms. The molecular formula is C20H23Cl2N5O. The molecule has 0 fully saturated rings. The fraction of sp³-hybridized carbons (Fsp3) is 0.250. The first-order valence-electron chi connectivity index (χ1n) is 8.91. The van der Waals surface area contributed by atoms with Crippen LogP contribution in [0.1, 0.15) is 35.1 Å².